The molecule has 5 rings (SSSR count). The van der Waals surface area contributed by atoms with Crippen LogP contribution in [-0.4, -0.2) is 9.55 Å². The molecule has 2 nitrogen and oxygen atoms in total. The average Bonchev–Trinajstić information content (AvgIpc) is 3.03. The maximum Gasteiger partial charge on any atom is 0.0651 e. The quantitative estimate of drug-likeness (QED) is 0.378. The van der Waals surface area contributed by atoms with E-state index >= 15 is 0 Å². The van der Waals surface area contributed by atoms with Crippen molar-refractivity contribution in [3.05, 3.63) is 96.8 Å². The third-order valence-electron chi connectivity index (χ3n) is 4.91. The lowest BCUT2D eigenvalue weighted by atomic mass is 10.1. The number of hydrogen-bond acceptors (Lipinski definition) is 1. The van der Waals surface area contributed by atoms with Crippen molar-refractivity contribution in [1.82, 2.24) is 9.55 Å². The molecule has 0 aliphatic carbocycles. The van der Waals surface area contributed by atoms with Crippen LogP contribution in [0.1, 0.15) is 5.56 Å². The first-order valence-electron chi connectivity index (χ1n) is 8.82. The molecule has 3 aromatic carbocycles. The summed E-state index contributed by atoms with van der Waals surface area (Å²) in [6, 6.07) is 27.9. The van der Waals surface area contributed by atoms with E-state index in [1.54, 1.807) is 0 Å². The molecule has 2 aromatic heterocycles. The molecule has 0 saturated heterocycles. The Bertz CT molecular complexity index is 1190. The van der Waals surface area contributed by atoms with Gasteiger partial charge in [0.1, 0.15) is 0 Å². The molecule has 26 heavy (non-hydrogen) atoms. The van der Waals surface area contributed by atoms with Gasteiger partial charge in [-0.3, -0.25) is 4.98 Å². The molecular weight excluding hydrogens is 316 g/mol. The van der Waals surface area contributed by atoms with Gasteiger partial charge in [-0.05, 0) is 30.7 Å². The highest BCUT2D eigenvalue weighted by Gasteiger charge is 2.12. The van der Waals surface area contributed by atoms with Crippen molar-refractivity contribution in [3.63, 3.8) is 0 Å². The Morgan fingerprint density at radius 2 is 1.35 bits per heavy atom. The molecule has 0 aliphatic heterocycles. The Kier molecular flexibility index (Phi) is 3.36. The fourth-order valence-corrected chi connectivity index (χ4v) is 3.73. The van der Waals surface area contributed by atoms with Crippen LogP contribution in [0.2, 0.25) is 0 Å². The van der Waals surface area contributed by atoms with Gasteiger partial charge in [0, 0.05) is 22.5 Å². The van der Waals surface area contributed by atoms with E-state index in [0.717, 1.165) is 11.3 Å². The fourth-order valence-electron chi connectivity index (χ4n) is 3.73. The van der Waals surface area contributed by atoms with Crippen molar-refractivity contribution in [3.8, 4) is 16.8 Å². The first-order valence-corrected chi connectivity index (χ1v) is 8.82. The van der Waals surface area contributed by atoms with Crippen molar-refractivity contribution in [1.29, 1.82) is 0 Å². The molecule has 0 spiro atoms. The maximum atomic E-state index is 4.54. The smallest absolute Gasteiger partial charge is 0.0651 e. The normalized spacial score (nSPS) is 11.3. The van der Waals surface area contributed by atoms with Crippen LogP contribution >= 0.6 is 0 Å². The van der Waals surface area contributed by atoms with Crippen LogP contribution in [0, 0.1) is 6.92 Å². The molecule has 2 heteroatoms. The SMILES string of the molecule is Cc1cccc(-c2cncc(-n3c4ccccc4c4ccccc43)c2)c1. The van der Waals surface area contributed by atoms with E-state index in [9.17, 15) is 0 Å². The summed E-state index contributed by atoms with van der Waals surface area (Å²) in [7, 11) is 0. The van der Waals surface area contributed by atoms with E-state index in [0.29, 0.717) is 0 Å². The van der Waals surface area contributed by atoms with Gasteiger partial charge in [-0.25, -0.2) is 0 Å². The Hall–Kier alpha value is -3.39. The minimum atomic E-state index is 1.08. The molecule has 0 aliphatic rings. The number of rotatable bonds is 2. The summed E-state index contributed by atoms with van der Waals surface area (Å²) in [5.41, 5.74) is 7.08. The van der Waals surface area contributed by atoms with Gasteiger partial charge >= 0.3 is 0 Å². The van der Waals surface area contributed by atoms with E-state index in [-0.39, 0.29) is 0 Å². The number of hydrogen-bond donors (Lipinski definition) is 0. The molecule has 0 saturated carbocycles. The Labute approximate surface area is 152 Å². The van der Waals surface area contributed by atoms with E-state index in [4.69, 9.17) is 0 Å². The number of pyridine rings is 1. The van der Waals surface area contributed by atoms with Gasteiger partial charge in [-0.15, -0.1) is 0 Å². The number of aromatic nitrogens is 2. The highest BCUT2D eigenvalue weighted by Crippen LogP contribution is 2.32. The van der Waals surface area contributed by atoms with Crippen molar-refractivity contribution >= 4 is 21.8 Å². The van der Waals surface area contributed by atoms with Crippen LogP contribution in [0.4, 0.5) is 0 Å². The van der Waals surface area contributed by atoms with Crippen molar-refractivity contribution in [2.24, 2.45) is 0 Å². The topological polar surface area (TPSA) is 17.8 Å². The first-order chi connectivity index (χ1) is 12.8. The molecule has 0 unspecified atom stereocenters. The number of fused-ring (bicyclic) bond motifs is 3. The first kappa shape index (κ1) is 14.9. The minimum Gasteiger partial charge on any atom is -0.308 e. The number of para-hydroxylation sites is 2. The zero-order valence-electron chi connectivity index (χ0n) is 14.6. The molecular formula is C24H18N2. The second-order valence-electron chi connectivity index (χ2n) is 6.67. The Morgan fingerprint density at radius 1 is 0.654 bits per heavy atom. The summed E-state index contributed by atoms with van der Waals surface area (Å²) < 4.78 is 2.30. The molecule has 5 aromatic rings. The summed E-state index contributed by atoms with van der Waals surface area (Å²) >= 11 is 0. The number of benzene rings is 3. The van der Waals surface area contributed by atoms with Gasteiger partial charge in [0.05, 0.1) is 22.9 Å². The van der Waals surface area contributed by atoms with Crippen molar-refractivity contribution in [2.75, 3.05) is 0 Å². The van der Waals surface area contributed by atoms with Crippen LogP contribution < -0.4 is 0 Å². The van der Waals surface area contributed by atoms with Crippen LogP contribution in [0.15, 0.2) is 91.3 Å². The molecule has 0 bridgehead atoms. The van der Waals surface area contributed by atoms with Gasteiger partial charge < -0.3 is 4.57 Å². The summed E-state index contributed by atoms with van der Waals surface area (Å²) in [4.78, 5) is 4.54. The highest BCUT2D eigenvalue weighted by molar-refractivity contribution is 6.09. The largest absolute Gasteiger partial charge is 0.308 e. The van der Waals surface area contributed by atoms with Crippen LogP contribution in [-0.2, 0) is 0 Å². The zero-order valence-corrected chi connectivity index (χ0v) is 14.6. The summed E-state index contributed by atoms with van der Waals surface area (Å²) in [5.74, 6) is 0. The second kappa shape index (κ2) is 5.85. The van der Waals surface area contributed by atoms with Crippen molar-refractivity contribution < 1.29 is 0 Å². The van der Waals surface area contributed by atoms with Crippen molar-refractivity contribution in [2.45, 2.75) is 6.92 Å². The Balaban J connectivity index is 1.79. The summed E-state index contributed by atoms with van der Waals surface area (Å²) in [6.07, 6.45) is 3.88. The average molecular weight is 334 g/mol. The van der Waals surface area contributed by atoms with E-state index in [2.05, 4.69) is 95.3 Å². The Morgan fingerprint density at radius 3 is 2.04 bits per heavy atom. The van der Waals surface area contributed by atoms with Gasteiger partial charge in [0.15, 0.2) is 0 Å². The lowest BCUT2D eigenvalue weighted by Gasteiger charge is -2.10. The lowest BCUT2D eigenvalue weighted by molar-refractivity contribution is 1.14. The molecule has 0 amide bonds. The standard InChI is InChI=1S/C24H18N2/c1-17-7-6-8-18(13-17)19-14-20(16-25-15-19)26-23-11-4-2-9-21(23)22-10-3-5-12-24(22)26/h2-16H,1H3. The number of nitrogens with zero attached hydrogens (tertiary/aromatic N) is 2. The van der Waals surface area contributed by atoms with E-state index < -0.39 is 0 Å². The van der Waals surface area contributed by atoms with E-state index in [1.807, 2.05) is 12.4 Å². The predicted molar refractivity (Wildman–Crippen MR) is 109 cm³/mol. The monoisotopic (exact) mass is 334 g/mol. The zero-order chi connectivity index (χ0) is 17.5. The maximum absolute atomic E-state index is 4.54. The van der Waals surface area contributed by atoms with Gasteiger partial charge in [-0.1, -0.05) is 66.2 Å². The third-order valence-corrected chi connectivity index (χ3v) is 4.91. The van der Waals surface area contributed by atoms with E-state index in [1.165, 1.54) is 32.9 Å². The second-order valence-corrected chi connectivity index (χ2v) is 6.67. The predicted octanol–water partition coefficient (Wildman–Crippen LogP) is 6.15. The fraction of sp³-hybridized carbons (Fsp3) is 0.0417. The van der Waals surface area contributed by atoms with Gasteiger partial charge in [0.25, 0.3) is 0 Å². The molecule has 0 fully saturated rings. The summed E-state index contributed by atoms with van der Waals surface area (Å²) in [6.45, 7) is 2.12. The molecule has 0 atom stereocenters. The van der Waals surface area contributed by atoms with Crippen LogP contribution in [0.5, 0.6) is 0 Å². The van der Waals surface area contributed by atoms with Gasteiger partial charge in [-0.2, -0.15) is 0 Å². The van der Waals surface area contributed by atoms with Crippen LogP contribution in [0.3, 0.4) is 0 Å². The van der Waals surface area contributed by atoms with Gasteiger partial charge in [0.2, 0.25) is 0 Å². The molecule has 124 valence electrons. The summed E-state index contributed by atoms with van der Waals surface area (Å²) in [5, 5.41) is 2.54. The molecule has 0 N–H and O–H groups in total. The highest BCUT2D eigenvalue weighted by atomic mass is 15.0. The number of aryl methyl sites for hydroxylation is 1. The third kappa shape index (κ3) is 2.31. The van der Waals surface area contributed by atoms with Crippen LogP contribution in [0.25, 0.3) is 38.6 Å². The molecule has 0 radical (unpaired) electrons. The minimum absolute atomic E-state index is 1.08. The molecule has 2 heterocycles. The lowest BCUT2D eigenvalue weighted by Crippen LogP contribution is -1.95.